The molecule has 0 aliphatic rings. The van der Waals surface area contributed by atoms with Crippen molar-refractivity contribution in [1.82, 2.24) is 5.32 Å². The highest BCUT2D eigenvalue weighted by Gasteiger charge is 2.20. The average molecular weight is 870 g/mol. The fraction of sp³-hybridized carbons (Fsp3) is 0.821. The second kappa shape index (κ2) is 51.5. The lowest BCUT2D eigenvalue weighted by Gasteiger charge is -2.22. The van der Waals surface area contributed by atoms with Gasteiger partial charge in [0.05, 0.1) is 25.4 Å². The maximum atomic E-state index is 12.4. The quantitative estimate of drug-likeness (QED) is 0.0245. The molecule has 0 radical (unpaired) electrons. The number of allylic oxidation sites excluding steroid dienone is 8. The number of unbranched alkanes of at least 4 members (excludes halogenated alkanes) is 31. The van der Waals surface area contributed by atoms with Crippen molar-refractivity contribution in [3.8, 4) is 0 Å². The molecule has 0 bridgehead atoms. The summed E-state index contributed by atoms with van der Waals surface area (Å²) >= 11 is 0. The fourth-order valence-corrected chi connectivity index (χ4v) is 7.95. The summed E-state index contributed by atoms with van der Waals surface area (Å²) in [6.45, 7) is 4.86. The molecule has 6 heteroatoms. The second-order valence-electron chi connectivity index (χ2n) is 18.2. The van der Waals surface area contributed by atoms with Crippen LogP contribution in [0, 0.1) is 0 Å². The van der Waals surface area contributed by atoms with Crippen LogP contribution >= 0.6 is 0 Å². The number of aliphatic hydroxyl groups excluding tert-OH is 2. The predicted octanol–water partition coefficient (Wildman–Crippen LogP) is 16.2. The van der Waals surface area contributed by atoms with Crippen LogP contribution < -0.4 is 5.32 Å². The molecule has 0 saturated heterocycles. The molecule has 0 aromatic carbocycles. The number of amides is 1. The lowest BCUT2D eigenvalue weighted by molar-refractivity contribution is -0.143. The summed E-state index contributed by atoms with van der Waals surface area (Å²) in [4.78, 5) is 24.4. The van der Waals surface area contributed by atoms with Gasteiger partial charge in [-0.15, -0.1) is 0 Å². The lowest BCUT2D eigenvalue weighted by atomic mass is 10.0. The van der Waals surface area contributed by atoms with Crippen molar-refractivity contribution in [2.75, 3.05) is 13.2 Å². The number of nitrogens with one attached hydrogen (secondary N) is 1. The molecule has 6 nitrogen and oxygen atoms in total. The summed E-state index contributed by atoms with van der Waals surface area (Å²) in [6, 6.07) is -0.548. The maximum Gasteiger partial charge on any atom is 0.305 e. The first kappa shape index (κ1) is 59.8. The van der Waals surface area contributed by atoms with E-state index in [0.717, 1.165) is 77.0 Å². The molecule has 0 aliphatic carbocycles. The van der Waals surface area contributed by atoms with Crippen LogP contribution in [0.5, 0.6) is 0 Å². The van der Waals surface area contributed by atoms with Crippen LogP contribution in [0.3, 0.4) is 0 Å². The summed E-state index contributed by atoms with van der Waals surface area (Å²) in [5, 5.41) is 23.1. The molecule has 0 aromatic rings. The van der Waals surface area contributed by atoms with Gasteiger partial charge in [0.1, 0.15) is 0 Å². The van der Waals surface area contributed by atoms with Gasteiger partial charge in [0.25, 0.3) is 0 Å². The van der Waals surface area contributed by atoms with E-state index in [-0.39, 0.29) is 18.5 Å². The van der Waals surface area contributed by atoms with E-state index in [1.165, 1.54) is 161 Å². The van der Waals surface area contributed by atoms with Crippen LogP contribution in [0.1, 0.15) is 271 Å². The first-order valence-electron chi connectivity index (χ1n) is 26.9. The number of hydrogen-bond donors (Lipinski definition) is 3. The smallest absolute Gasteiger partial charge is 0.305 e. The SMILES string of the molecule is CCCCCC/C=C\C/C=C\CCCCCCCC(=O)OCCCCC/C=C\C=C/CCCCCCCCCCCCC(=O)NC(CO)C(O)CCCCCCCCCCCC. The lowest BCUT2D eigenvalue weighted by Crippen LogP contribution is -2.45. The van der Waals surface area contributed by atoms with Crippen molar-refractivity contribution < 1.29 is 24.5 Å². The molecule has 1 amide bonds. The molecule has 3 N–H and O–H groups in total. The Labute approximate surface area is 385 Å². The van der Waals surface area contributed by atoms with Crippen molar-refractivity contribution in [3.63, 3.8) is 0 Å². The van der Waals surface area contributed by atoms with E-state index in [2.05, 4.69) is 67.8 Å². The number of esters is 1. The largest absolute Gasteiger partial charge is 0.466 e. The van der Waals surface area contributed by atoms with Crippen LogP contribution in [0.2, 0.25) is 0 Å². The van der Waals surface area contributed by atoms with Gasteiger partial charge in [0.15, 0.2) is 0 Å². The molecule has 0 saturated carbocycles. The van der Waals surface area contributed by atoms with Crippen LogP contribution in [0.25, 0.3) is 0 Å². The number of rotatable bonds is 49. The molecule has 0 fully saturated rings. The van der Waals surface area contributed by atoms with Crippen molar-refractivity contribution in [2.24, 2.45) is 0 Å². The molecule has 0 rings (SSSR count). The van der Waals surface area contributed by atoms with Crippen molar-refractivity contribution in [3.05, 3.63) is 48.6 Å². The standard InChI is InChI=1S/C56H103NO5/c1-3-5-7-9-11-13-15-16-17-24-27-30-34-38-42-46-50-56(61)62-51-47-43-39-35-31-28-25-22-20-18-19-21-23-26-29-33-37-41-45-49-55(60)57-53(52-58)54(59)48-44-40-36-32-14-12-10-8-6-4-2/h13,15,17,22,24-25,28,31,53-54,58-59H,3-12,14,16,18-21,23,26-27,29-30,32-52H2,1-2H3,(H,57,60)/b15-13-,24-17-,25-22-,31-28-. The highest BCUT2D eigenvalue weighted by Crippen LogP contribution is 2.15. The van der Waals surface area contributed by atoms with E-state index in [4.69, 9.17) is 4.74 Å². The topological polar surface area (TPSA) is 95.9 Å². The van der Waals surface area contributed by atoms with E-state index < -0.39 is 12.1 Å². The Morgan fingerprint density at radius 3 is 1.34 bits per heavy atom. The first-order chi connectivity index (χ1) is 30.5. The van der Waals surface area contributed by atoms with Crippen molar-refractivity contribution in [2.45, 2.75) is 283 Å². The Balaban J connectivity index is 3.48. The van der Waals surface area contributed by atoms with Gasteiger partial charge in [0, 0.05) is 12.8 Å². The summed E-state index contributed by atoms with van der Waals surface area (Å²) < 4.78 is 5.44. The minimum absolute atomic E-state index is 0.0277. The van der Waals surface area contributed by atoms with Crippen LogP contribution in [0.15, 0.2) is 48.6 Å². The third-order valence-corrected chi connectivity index (χ3v) is 12.1. The van der Waals surface area contributed by atoms with Gasteiger partial charge in [0.2, 0.25) is 5.91 Å². The van der Waals surface area contributed by atoms with Crippen LogP contribution in [-0.4, -0.2) is 47.4 Å². The summed E-state index contributed by atoms with van der Waals surface area (Å²) in [7, 11) is 0. The van der Waals surface area contributed by atoms with Gasteiger partial charge >= 0.3 is 5.97 Å². The molecular weight excluding hydrogens is 767 g/mol. The normalized spacial score (nSPS) is 13.0. The monoisotopic (exact) mass is 870 g/mol. The highest BCUT2D eigenvalue weighted by atomic mass is 16.5. The van der Waals surface area contributed by atoms with Gasteiger partial charge in [-0.2, -0.15) is 0 Å². The van der Waals surface area contributed by atoms with Gasteiger partial charge in [-0.1, -0.05) is 217 Å². The minimum Gasteiger partial charge on any atom is -0.466 e. The van der Waals surface area contributed by atoms with Gasteiger partial charge in [-0.05, 0) is 89.9 Å². The molecule has 62 heavy (non-hydrogen) atoms. The summed E-state index contributed by atoms with van der Waals surface area (Å²) in [5.41, 5.74) is 0. The van der Waals surface area contributed by atoms with Crippen molar-refractivity contribution >= 4 is 11.9 Å². The van der Waals surface area contributed by atoms with Gasteiger partial charge < -0.3 is 20.3 Å². The Hall–Kier alpha value is -2.18. The molecule has 2 atom stereocenters. The molecule has 0 aliphatic heterocycles. The number of ether oxygens (including phenoxy) is 1. The number of aliphatic hydroxyl groups is 2. The maximum absolute atomic E-state index is 12.4. The molecule has 0 heterocycles. The number of hydrogen-bond acceptors (Lipinski definition) is 5. The Kier molecular flexibility index (Phi) is 49.6. The van der Waals surface area contributed by atoms with Crippen LogP contribution in [-0.2, 0) is 14.3 Å². The number of carbonyl (C=O) groups excluding carboxylic acids is 2. The molecule has 2 unspecified atom stereocenters. The molecule has 362 valence electrons. The zero-order valence-electron chi connectivity index (χ0n) is 41.1. The molecule has 0 aromatic heterocycles. The van der Waals surface area contributed by atoms with Crippen molar-refractivity contribution in [1.29, 1.82) is 0 Å². The molecule has 0 spiro atoms. The second-order valence-corrected chi connectivity index (χ2v) is 18.2. The molecular formula is C56H103NO5. The first-order valence-corrected chi connectivity index (χ1v) is 26.9. The fourth-order valence-electron chi connectivity index (χ4n) is 7.95. The van der Waals surface area contributed by atoms with E-state index in [1.807, 2.05) is 0 Å². The Morgan fingerprint density at radius 1 is 0.468 bits per heavy atom. The van der Waals surface area contributed by atoms with Gasteiger partial charge in [-0.25, -0.2) is 0 Å². The minimum atomic E-state index is -0.670. The zero-order valence-corrected chi connectivity index (χ0v) is 41.1. The third-order valence-electron chi connectivity index (χ3n) is 12.1. The van der Waals surface area contributed by atoms with E-state index in [9.17, 15) is 19.8 Å². The highest BCUT2D eigenvalue weighted by molar-refractivity contribution is 5.76. The van der Waals surface area contributed by atoms with Gasteiger partial charge in [-0.3, -0.25) is 9.59 Å². The van der Waals surface area contributed by atoms with E-state index in [0.29, 0.717) is 25.9 Å². The van der Waals surface area contributed by atoms with E-state index in [1.54, 1.807) is 0 Å². The Morgan fingerprint density at radius 2 is 0.855 bits per heavy atom. The van der Waals surface area contributed by atoms with E-state index >= 15 is 0 Å². The summed E-state index contributed by atoms with van der Waals surface area (Å²) in [6.07, 6.45) is 63.8. The third kappa shape index (κ3) is 47.3. The number of carbonyl (C=O) groups is 2. The predicted molar refractivity (Wildman–Crippen MR) is 269 cm³/mol. The van der Waals surface area contributed by atoms with Crippen LogP contribution in [0.4, 0.5) is 0 Å². The summed E-state index contributed by atoms with van der Waals surface area (Å²) in [5.74, 6) is -0.0757. The Bertz CT molecular complexity index is 1050. The average Bonchev–Trinajstić information content (AvgIpc) is 3.27. The zero-order chi connectivity index (χ0) is 45.1.